The fraction of sp³-hybridized carbons (Fsp3) is 0.143. The molecule has 0 saturated heterocycles. The quantitative estimate of drug-likeness (QED) is 0.769. The number of nitrogen functional groups attached to an aromatic ring is 1. The highest BCUT2D eigenvalue weighted by Gasteiger charge is 2.09. The molecule has 2 rings (SSSR count). The molecule has 0 aliphatic heterocycles. The molecule has 1 aromatic carbocycles. The Labute approximate surface area is 121 Å². The van der Waals surface area contributed by atoms with Crippen LogP contribution in [0.25, 0.3) is 0 Å². The number of hydrogen-bond acceptors (Lipinski definition) is 6. The van der Waals surface area contributed by atoms with Crippen LogP contribution in [0.3, 0.4) is 0 Å². The summed E-state index contributed by atoms with van der Waals surface area (Å²) in [5, 5.41) is 3.04. The molecule has 0 spiro atoms. The van der Waals surface area contributed by atoms with Crippen molar-refractivity contribution in [1.82, 2.24) is 4.98 Å². The third-order valence-electron chi connectivity index (χ3n) is 2.82. The molecular weight excluding hydrogens is 272 g/mol. The van der Waals surface area contributed by atoms with E-state index in [1.54, 1.807) is 32.4 Å². The van der Waals surface area contributed by atoms with Crippen LogP contribution in [0.15, 0.2) is 30.5 Å². The molecule has 0 aliphatic rings. The number of hydrogen-bond donors (Lipinski definition) is 3. The summed E-state index contributed by atoms with van der Waals surface area (Å²) in [6, 6.07) is 6.77. The SMILES string of the molecule is COc1cc(Nc2cc(C(N)=O)c(N)cn2)cc(OC)c1. The smallest absolute Gasteiger partial charge is 0.250 e. The number of carbonyl (C=O) groups is 1. The average Bonchev–Trinajstić information content (AvgIpc) is 2.48. The molecule has 0 atom stereocenters. The summed E-state index contributed by atoms with van der Waals surface area (Å²) >= 11 is 0. The van der Waals surface area contributed by atoms with E-state index in [9.17, 15) is 4.79 Å². The molecule has 0 unspecified atom stereocenters. The van der Waals surface area contributed by atoms with Crippen molar-refractivity contribution in [2.75, 3.05) is 25.3 Å². The number of nitrogens with one attached hydrogen (secondary N) is 1. The highest BCUT2D eigenvalue weighted by atomic mass is 16.5. The van der Waals surface area contributed by atoms with Gasteiger partial charge in [-0.25, -0.2) is 4.98 Å². The van der Waals surface area contributed by atoms with E-state index in [4.69, 9.17) is 20.9 Å². The van der Waals surface area contributed by atoms with Crippen molar-refractivity contribution >= 4 is 23.1 Å². The fourth-order valence-corrected chi connectivity index (χ4v) is 1.78. The van der Waals surface area contributed by atoms with E-state index >= 15 is 0 Å². The zero-order valence-electron chi connectivity index (χ0n) is 11.7. The fourth-order valence-electron chi connectivity index (χ4n) is 1.78. The lowest BCUT2D eigenvalue weighted by molar-refractivity contribution is 0.100. The molecule has 7 nitrogen and oxygen atoms in total. The van der Waals surface area contributed by atoms with Gasteiger partial charge in [0.05, 0.1) is 31.7 Å². The average molecular weight is 288 g/mol. The lowest BCUT2D eigenvalue weighted by Gasteiger charge is -2.11. The molecular formula is C14H16N4O3. The Morgan fingerprint density at radius 3 is 2.29 bits per heavy atom. The van der Waals surface area contributed by atoms with Gasteiger partial charge in [-0.3, -0.25) is 4.79 Å². The van der Waals surface area contributed by atoms with E-state index in [-0.39, 0.29) is 11.3 Å². The van der Waals surface area contributed by atoms with Crippen LogP contribution in [0, 0.1) is 0 Å². The van der Waals surface area contributed by atoms with Gasteiger partial charge in [0.25, 0.3) is 5.91 Å². The largest absolute Gasteiger partial charge is 0.497 e. The molecule has 21 heavy (non-hydrogen) atoms. The molecule has 1 aromatic heterocycles. The maximum absolute atomic E-state index is 11.3. The molecule has 0 saturated carbocycles. The maximum Gasteiger partial charge on any atom is 0.250 e. The van der Waals surface area contributed by atoms with Crippen molar-refractivity contribution in [2.24, 2.45) is 5.73 Å². The van der Waals surface area contributed by atoms with Crippen molar-refractivity contribution in [3.05, 3.63) is 36.0 Å². The Bertz CT molecular complexity index is 651. The number of ether oxygens (including phenoxy) is 2. The minimum Gasteiger partial charge on any atom is -0.497 e. The van der Waals surface area contributed by atoms with E-state index in [1.165, 1.54) is 12.3 Å². The minimum atomic E-state index is -0.610. The summed E-state index contributed by atoms with van der Waals surface area (Å²) in [4.78, 5) is 15.4. The Balaban J connectivity index is 2.33. The Kier molecular flexibility index (Phi) is 4.13. The van der Waals surface area contributed by atoms with Crippen LogP contribution in [-0.4, -0.2) is 25.1 Å². The van der Waals surface area contributed by atoms with E-state index in [0.29, 0.717) is 23.0 Å². The lowest BCUT2D eigenvalue weighted by atomic mass is 10.2. The van der Waals surface area contributed by atoms with Crippen LogP contribution in [-0.2, 0) is 0 Å². The Morgan fingerprint density at radius 1 is 1.14 bits per heavy atom. The molecule has 1 amide bonds. The van der Waals surface area contributed by atoms with Crippen LogP contribution in [0.1, 0.15) is 10.4 Å². The normalized spacial score (nSPS) is 10.0. The van der Waals surface area contributed by atoms with Gasteiger partial charge >= 0.3 is 0 Å². The van der Waals surface area contributed by atoms with Crippen molar-refractivity contribution in [1.29, 1.82) is 0 Å². The summed E-state index contributed by atoms with van der Waals surface area (Å²) in [6.45, 7) is 0. The van der Waals surface area contributed by atoms with E-state index < -0.39 is 5.91 Å². The molecule has 0 aliphatic carbocycles. The number of methoxy groups -OCH3 is 2. The highest BCUT2D eigenvalue weighted by Crippen LogP contribution is 2.28. The van der Waals surface area contributed by atoms with Crippen molar-refractivity contribution in [2.45, 2.75) is 0 Å². The van der Waals surface area contributed by atoms with Gasteiger partial charge in [-0.2, -0.15) is 0 Å². The monoisotopic (exact) mass is 288 g/mol. The van der Waals surface area contributed by atoms with Gasteiger partial charge in [-0.15, -0.1) is 0 Å². The maximum atomic E-state index is 11.3. The second-order valence-electron chi connectivity index (χ2n) is 4.25. The van der Waals surface area contributed by atoms with Crippen LogP contribution in [0.5, 0.6) is 11.5 Å². The van der Waals surface area contributed by atoms with Gasteiger partial charge in [0.15, 0.2) is 0 Å². The van der Waals surface area contributed by atoms with Gasteiger partial charge in [-0.1, -0.05) is 0 Å². The molecule has 110 valence electrons. The number of aromatic nitrogens is 1. The van der Waals surface area contributed by atoms with Crippen molar-refractivity contribution in [3.63, 3.8) is 0 Å². The number of nitrogens with zero attached hydrogens (tertiary/aromatic N) is 1. The predicted octanol–water partition coefficient (Wildman–Crippen LogP) is 1.52. The Hall–Kier alpha value is -2.96. The zero-order valence-corrected chi connectivity index (χ0v) is 11.7. The van der Waals surface area contributed by atoms with E-state index in [0.717, 1.165) is 0 Å². The van der Waals surface area contributed by atoms with Crippen molar-refractivity contribution < 1.29 is 14.3 Å². The first-order valence-corrected chi connectivity index (χ1v) is 6.09. The molecule has 2 aromatic rings. The first-order valence-electron chi connectivity index (χ1n) is 6.09. The van der Waals surface area contributed by atoms with E-state index in [1.807, 2.05) is 0 Å². The molecule has 7 heteroatoms. The first kappa shape index (κ1) is 14.4. The zero-order chi connectivity index (χ0) is 15.4. The minimum absolute atomic E-state index is 0.211. The van der Waals surface area contributed by atoms with Gasteiger partial charge in [0, 0.05) is 23.9 Å². The second kappa shape index (κ2) is 6.00. The third kappa shape index (κ3) is 3.33. The molecule has 0 fully saturated rings. The number of nitrogens with two attached hydrogens (primary N) is 2. The number of rotatable bonds is 5. The highest BCUT2D eigenvalue weighted by molar-refractivity contribution is 5.98. The third-order valence-corrected chi connectivity index (χ3v) is 2.82. The van der Waals surface area contributed by atoms with Crippen LogP contribution >= 0.6 is 0 Å². The van der Waals surface area contributed by atoms with Gasteiger partial charge in [0.2, 0.25) is 0 Å². The van der Waals surface area contributed by atoms with Crippen LogP contribution in [0.2, 0.25) is 0 Å². The van der Waals surface area contributed by atoms with Gasteiger partial charge < -0.3 is 26.3 Å². The molecule has 5 N–H and O–H groups in total. The first-order chi connectivity index (χ1) is 10.0. The summed E-state index contributed by atoms with van der Waals surface area (Å²) in [5.74, 6) is 1.08. The number of carbonyl (C=O) groups excluding carboxylic acids is 1. The Morgan fingerprint density at radius 2 is 1.76 bits per heavy atom. The topological polar surface area (TPSA) is 112 Å². The van der Waals surface area contributed by atoms with Crippen LogP contribution in [0.4, 0.5) is 17.2 Å². The van der Waals surface area contributed by atoms with Gasteiger partial charge in [0.1, 0.15) is 17.3 Å². The summed E-state index contributed by atoms with van der Waals surface area (Å²) in [7, 11) is 3.12. The second-order valence-corrected chi connectivity index (χ2v) is 4.25. The number of anilines is 3. The van der Waals surface area contributed by atoms with E-state index in [2.05, 4.69) is 10.3 Å². The molecule has 0 radical (unpaired) electrons. The summed E-state index contributed by atoms with van der Waals surface area (Å²) in [5.41, 5.74) is 12.0. The number of amides is 1. The van der Waals surface area contributed by atoms with Gasteiger partial charge in [-0.05, 0) is 6.07 Å². The van der Waals surface area contributed by atoms with Crippen molar-refractivity contribution in [3.8, 4) is 11.5 Å². The standard InChI is InChI=1S/C14H16N4O3/c1-20-9-3-8(4-10(5-9)21-2)18-13-6-11(14(16)19)12(15)7-17-13/h3-7H,15H2,1-2H3,(H2,16,19)(H,17,18). The number of pyridine rings is 1. The number of primary amides is 1. The molecule has 1 heterocycles. The molecule has 0 bridgehead atoms. The summed E-state index contributed by atoms with van der Waals surface area (Å²) < 4.78 is 10.4. The number of benzene rings is 1. The lowest BCUT2D eigenvalue weighted by Crippen LogP contribution is -2.14. The summed E-state index contributed by atoms with van der Waals surface area (Å²) in [6.07, 6.45) is 1.37. The predicted molar refractivity (Wildman–Crippen MR) is 80.0 cm³/mol. The van der Waals surface area contributed by atoms with Crippen LogP contribution < -0.4 is 26.3 Å².